The Bertz CT molecular complexity index is 1330. The summed E-state index contributed by atoms with van der Waals surface area (Å²) in [7, 11) is 3.09. The molecule has 9 heteroatoms. The Kier molecular flexibility index (Phi) is 6.93. The Labute approximate surface area is 195 Å². The molecule has 1 atom stereocenters. The molecule has 2 heterocycles. The Morgan fingerprint density at radius 1 is 1.12 bits per heavy atom. The molecule has 0 saturated carbocycles. The number of rotatable bonds is 7. The standard InChI is InChI=1S/C25H26FN3O5/c1-28-22-19(24(31)29(25(28)32)12-5-13-30)15-17(14-16-8-10-18(26)11-9-16)23(27-22)34-21-7-4-3-6-20(21)33-2/h3-4,6-11,17,30H,5,12-15H2,1-2H3. The number of nitrogens with zero attached hydrogens (tertiary/aromatic N) is 3. The van der Waals surface area contributed by atoms with Crippen molar-refractivity contribution < 1.29 is 19.0 Å². The van der Waals surface area contributed by atoms with Crippen molar-refractivity contribution in [3.8, 4) is 11.5 Å². The predicted molar refractivity (Wildman–Crippen MR) is 126 cm³/mol. The fourth-order valence-electron chi connectivity index (χ4n) is 4.08. The molecule has 1 aliphatic rings. The lowest BCUT2D eigenvalue weighted by Crippen LogP contribution is -2.43. The van der Waals surface area contributed by atoms with E-state index in [0.717, 1.165) is 10.1 Å². The molecule has 3 aromatic rings. The molecule has 1 N–H and O–H groups in total. The predicted octanol–water partition coefficient (Wildman–Crippen LogP) is 2.60. The Balaban J connectivity index is 1.81. The largest absolute Gasteiger partial charge is 0.493 e. The average Bonchev–Trinajstić information content (AvgIpc) is 2.85. The minimum Gasteiger partial charge on any atom is -0.493 e. The van der Waals surface area contributed by atoms with Crippen LogP contribution >= 0.6 is 0 Å². The van der Waals surface area contributed by atoms with Gasteiger partial charge in [-0.05, 0) is 49.1 Å². The summed E-state index contributed by atoms with van der Waals surface area (Å²) >= 11 is 0. The molecule has 0 amide bonds. The topological polar surface area (TPSA) is 95.1 Å². The number of para-hydroxylation sites is 2. The molecule has 178 valence electrons. The molecule has 4 rings (SSSR count). The molecule has 2 aromatic carbocycles. The monoisotopic (exact) mass is 467 g/mol. The quantitative estimate of drug-likeness (QED) is 0.577. The number of hydrogen-bond acceptors (Lipinski definition) is 6. The van der Waals surface area contributed by atoms with Crippen LogP contribution in [0.1, 0.15) is 17.5 Å². The van der Waals surface area contributed by atoms with Gasteiger partial charge in [0.15, 0.2) is 11.5 Å². The van der Waals surface area contributed by atoms with Crippen LogP contribution in [-0.4, -0.2) is 33.9 Å². The minimum atomic E-state index is -0.505. The van der Waals surface area contributed by atoms with E-state index in [1.165, 1.54) is 23.8 Å². The molecule has 1 unspecified atom stereocenters. The smallest absolute Gasteiger partial charge is 0.332 e. The van der Waals surface area contributed by atoms with Crippen molar-refractivity contribution >= 4 is 11.7 Å². The summed E-state index contributed by atoms with van der Waals surface area (Å²) in [4.78, 5) is 30.6. The normalized spacial score (nSPS) is 14.9. The molecule has 34 heavy (non-hydrogen) atoms. The van der Waals surface area contributed by atoms with E-state index >= 15 is 0 Å². The zero-order chi connectivity index (χ0) is 24.2. The summed E-state index contributed by atoms with van der Waals surface area (Å²) in [6.07, 6.45) is 1.03. The highest BCUT2D eigenvalue weighted by atomic mass is 19.1. The third kappa shape index (κ3) is 4.65. The lowest BCUT2D eigenvalue weighted by molar-refractivity contribution is 0.277. The zero-order valence-corrected chi connectivity index (χ0v) is 19.0. The van der Waals surface area contributed by atoms with Crippen LogP contribution in [0.5, 0.6) is 11.5 Å². The highest BCUT2D eigenvalue weighted by Gasteiger charge is 2.31. The summed E-state index contributed by atoms with van der Waals surface area (Å²) in [5.41, 5.74) is 0.335. The second kappa shape index (κ2) is 10.0. The lowest BCUT2D eigenvalue weighted by atomic mass is 9.91. The number of aliphatic hydroxyl groups excluding tert-OH is 1. The van der Waals surface area contributed by atoms with Gasteiger partial charge in [-0.15, -0.1) is 0 Å². The molecule has 0 fully saturated rings. The number of ether oxygens (including phenoxy) is 2. The van der Waals surface area contributed by atoms with E-state index in [1.807, 2.05) is 6.07 Å². The first kappa shape index (κ1) is 23.4. The maximum Gasteiger partial charge on any atom is 0.332 e. The molecule has 0 radical (unpaired) electrons. The van der Waals surface area contributed by atoms with Crippen molar-refractivity contribution in [1.29, 1.82) is 0 Å². The number of aliphatic hydroxyl groups is 1. The number of aromatic nitrogens is 2. The first-order valence-electron chi connectivity index (χ1n) is 11.0. The second-order valence-corrected chi connectivity index (χ2v) is 8.11. The van der Waals surface area contributed by atoms with Crippen LogP contribution in [0.3, 0.4) is 0 Å². The van der Waals surface area contributed by atoms with E-state index in [2.05, 4.69) is 4.99 Å². The summed E-state index contributed by atoms with van der Waals surface area (Å²) in [6.45, 7) is -0.0128. The number of methoxy groups -OCH3 is 1. The minimum absolute atomic E-state index is 0.117. The van der Waals surface area contributed by atoms with Crippen LogP contribution in [-0.2, 0) is 26.4 Å². The molecule has 1 aromatic heterocycles. The molecule has 1 aliphatic heterocycles. The molecule has 0 bridgehead atoms. The van der Waals surface area contributed by atoms with Crippen molar-refractivity contribution in [2.24, 2.45) is 18.0 Å². The van der Waals surface area contributed by atoms with E-state index in [9.17, 15) is 14.0 Å². The average molecular weight is 467 g/mol. The maximum atomic E-state index is 13.4. The van der Waals surface area contributed by atoms with Crippen molar-refractivity contribution in [2.45, 2.75) is 25.8 Å². The molecular weight excluding hydrogens is 441 g/mol. The SMILES string of the molecule is COc1ccccc1OC1=Nc2c(c(=O)n(CCCO)c(=O)n2C)CC1Cc1ccc(F)cc1. The van der Waals surface area contributed by atoms with Crippen LogP contribution < -0.4 is 20.7 Å². The van der Waals surface area contributed by atoms with E-state index in [4.69, 9.17) is 14.6 Å². The van der Waals surface area contributed by atoms with Gasteiger partial charge >= 0.3 is 5.69 Å². The van der Waals surface area contributed by atoms with Gasteiger partial charge < -0.3 is 14.6 Å². The maximum absolute atomic E-state index is 13.4. The summed E-state index contributed by atoms with van der Waals surface area (Å²) in [5.74, 6) is 0.889. The van der Waals surface area contributed by atoms with Crippen LogP contribution in [0.4, 0.5) is 10.2 Å². The number of benzene rings is 2. The van der Waals surface area contributed by atoms with Crippen molar-refractivity contribution in [3.05, 3.63) is 86.3 Å². The van der Waals surface area contributed by atoms with Gasteiger partial charge in [-0.1, -0.05) is 24.3 Å². The fourth-order valence-corrected chi connectivity index (χ4v) is 4.08. The van der Waals surface area contributed by atoms with Crippen molar-refractivity contribution in [1.82, 2.24) is 9.13 Å². The van der Waals surface area contributed by atoms with E-state index < -0.39 is 11.2 Å². The highest BCUT2D eigenvalue weighted by molar-refractivity contribution is 5.86. The van der Waals surface area contributed by atoms with Crippen molar-refractivity contribution in [2.75, 3.05) is 13.7 Å². The van der Waals surface area contributed by atoms with Crippen LogP contribution in [0.25, 0.3) is 0 Å². The summed E-state index contributed by atoms with van der Waals surface area (Å²) in [6, 6.07) is 13.3. The van der Waals surface area contributed by atoms with Crippen molar-refractivity contribution in [3.63, 3.8) is 0 Å². The van der Waals surface area contributed by atoms with Gasteiger partial charge in [0.1, 0.15) is 11.6 Å². The summed E-state index contributed by atoms with van der Waals surface area (Å²) < 4.78 is 27.4. The van der Waals surface area contributed by atoms with Crippen LogP contribution in [0.15, 0.2) is 63.1 Å². The third-order valence-corrected chi connectivity index (χ3v) is 5.84. The Hall–Kier alpha value is -3.72. The molecular formula is C25H26FN3O5. The van der Waals surface area contributed by atoms with Crippen LogP contribution in [0, 0.1) is 11.7 Å². The first-order valence-corrected chi connectivity index (χ1v) is 11.0. The van der Waals surface area contributed by atoms with Gasteiger partial charge in [-0.25, -0.2) is 9.18 Å². The molecule has 8 nitrogen and oxygen atoms in total. The van der Waals surface area contributed by atoms with Gasteiger partial charge in [0.2, 0.25) is 5.90 Å². The highest BCUT2D eigenvalue weighted by Crippen LogP contribution is 2.32. The Morgan fingerprint density at radius 3 is 2.50 bits per heavy atom. The molecule has 0 spiro atoms. The van der Waals surface area contributed by atoms with Crippen LogP contribution in [0.2, 0.25) is 0 Å². The lowest BCUT2D eigenvalue weighted by Gasteiger charge is -2.26. The van der Waals surface area contributed by atoms with E-state index in [-0.39, 0.29) is 37.1 Å². The van der Waals surface area contributed by atoms with Gasteiger partial charge in [-0.3, -0.25) is 13.9 Å². The third-order valence-electron chi connectivity index (χ3n) is 5.84. The van der Waals surface area contributed by atoms with Gasteiger partial charge in [0, 0.05) is 26.1 Å². The number of hydrogen-bond donors (Lipinski definition) is 1. The molecule has 0 aliphatic carbocycles. The fraction of sp³-hybridized carbons (Fsp3) is 0.320. The van der Waals surface area contributed by atoms with E-state index in [1.54, 1.807) is 37.4 Å². The first-order chi connectivity index (χ1) is 16.4. The van der Waals surface area contributed by atoms with Gasteiger partial charge in [0.05, 0.1) is 12.7 Å². The summed E-state index contributed by atoms with van der Waals surface area (Å²) in [5, 5.41) is 9.16. The molecule has 0 saturated heterocycles. The van der Waals surface area contributed by atoms with Gasteiger partial charge in [0.25, 0.3) is 5.56 Å². The van der Waals surface area contributed by atoms with E-state index in [0.29, 0.717) is 35.8 Å². The zero-order valence-electron chi connectivity index (χ0n) is 19.0. The number of halogens is 1. The number of fused-ring (bicyclic) bond motifs is 1. The van der Waals surface area contributed by atoms with Gasteiger partial charge in [-0.2, -0.15) is 4.99 Å². The second-order valence-electron chi connectivity index (χ2n) is 8.11. The number of aliphatic imine (C=N–C) groups is 1. The Morgan fingerprint density at radius 2 is 1.82 bits per heavy atom.